The van der Waals surface area contributed by atoms with Crippen molar-refractivity contribution in [2.24, 2.45) is 0 Å². The first kappa shape index (κ1) is 22.0. The molecule has 1 aromatic carbocycles. The molecule has 0 radical (unpaired) electrons. The zero-order valence-corrected chi connectivity index (χ0v) is 18.4. The van der Waals surface area contributed by atoms with E-state index >= 15 is 0 Å². The Kier molecular flexibility index (Phi) is 6.60. The number of amides is 1. The minimum Gasteiger partial charge on any atom is -0.383 e. The fourth-order valence-corrected chi connectivity index (χ4v) is 4.99. The summed E-state index contributed by atoms with van der Waals surface area (Å²) in [6.45, 7) is 4.27. The van der Waals surface area contributed by atoms with Crippen LogP contribution in [-0.2, 0) is 21.1 Å². The maximum absolute atomic E-state index is 13.5. The molecule has 0 saturated heterocycles. The molecule has 158 valence electrons. The zero-order chi connectivity index (χ0) is 21.9. The summed E-state index contributed by atoms with van der Waals surface area (Å²) >= 11 is 5.80. The van der Waals surface area contributed by atoms with Gasteiger partial charge in [0.05, 0.1) is 17.1 Å². The average Bonchev–Trinajstić information content (AvgIpc) is 2.97. The van der Waals surface area contributed by atoms with Gasteiger partial charge in [0.25, 0.3) is 5.91 Å². The lowest BCUT2D eigenvalue weighted by molar-refractivity contribution is 0.102. The Morgan fingerprint density at radius 1 is 1.17 bits per heavy atom. The van der Waals surface area contributed by atoms with Gasteiger partial charge in [-0.25, -0.2) is 13.4 Å². The van der Waals surface area contributed by atoms with Gasteiger partial charge in [0.1, 0.15) is 15.9 Å². The third-order valence-electron chi connectivity index (χ3n) is 4.84. The highest BCUT2D eigenvalue weighted by Crippen LogP contribution is 2.35. The summed E-state index contributed by atoms with van der Waals surface area (Å²) in [6, 6.07) is 11.2. The molecule has 0 unspecified atom stereocenters. The maximum Gasteiger partial charge on any atom is 0.258 e. The number of halogens is 1. The molecule has 0 fully saturated rings. The predicted octanol–water partition coefficient (Wildman–Crippen LogP) is 3.88. The van der Waals surface area contributed by atoms with Gasteiger partial charge in [0.15, 0.2) is 0 Å². The van der Waals surface area contributed by atoms with Crippen molar-refractivity contribution in [2.75, 3.05) is 19.0 Å². The Balaban J connectivity index is 2.15. The maximum atomic E-state index is 13.5. The first-order valence-electron chi connectivity index (χ1n) is 9.19. The minimum absolute atomic E-state index is 0.0672. The second kappa shape index (κ2) is 8.99. The second-order valence-corrected chi connectivity index (χ2v) is 8.95. The number of carbonyl (C=O) groups excluding carboxylic acids is 1. The predicted molar refractivity (Wildman–Crippen MR) is 115 cm³/mol. The first-order valence-corrected chi connectivity index (χ1v) is 11.0. The lowest BCUT2D eigenvalue weighted by Crippen LogP contribution is -2.19. The normalized spacial score (nSPS) is 11.5. The number of hydrogen-bond acceptors (Lipinski definition) is 5. The van der Waals surface area contributed by atoms with E-state index in [0.717, 1.165) is 5.69 Å². The molecule has 0 aliphatic rings. The lowest BCUT2D eigenvalue weighted by atomic mass is 10.2. The molecule has 0 aliphatic heterocycles. The van der Waals surface area contributed by atoms with Crippen LogP contribution in [0.15, 0.2) is 58.5 Å². The second-order valence-electron chi connectivity index (χ2n) is 6.67. The quantitative estimate of drug-likeness (QED) is 0.555. The lowest BCUT2D eigenvalue weighted by Gasteiger charge is -2.14. The van der Waals surface area contributed by atoms with Gasteiger partial charge in [-0.05, 0) is 43.7 Å². The van der Waals surface area contributed by atoms with Gasteiger partial charge < -0.3 is 14.6 Å². The standard InChI is InChI=1S/C21H22ClN3O4S/c1-14-15(2)25(11-12-29-3)20(24-21(26)16-9-10-18(22)23-13-16)19(14)30(27,28)17-7-5-4-6-8-17/h4-10,13H,11-12H2,1-3H3,(H,24,26). The molecule has 0 atom stereocenters. The Bertz CT molecular complexity index is 1160. The van der Waals surface area contributed by atoms with Gasteiger partial charge in [0.2, 0.25) is 9.84 Å². The van der Waals surface area contributed by atoms with Crippen molar-refractivity contribution in [3.05, 3.63) is 70.6 Å². The third-order valence-corrected chi connectivity index (χ3v) is 6.99. The number of methoxy groups -OCH3 is 1. The summed E-state index contributed by atoms with van der Waals surface area (Å²) in [5.74, 6) is -0.286. The Hall–Kier alpha value is -2.68. The highest BCUT2D eigenvalue weighted by atomic mass is 35.5. The van der Waals surface area contributed by atoms with Crippen LogP contribution in [-0.4, -0.2) is 37.6 Å². The van der Waals surface area contributed by atoms with Crippen LogP contribution in [0.1, 0.15) is 21.6 Å². The van der Waals surface area contributed by atoms with E-state index < -0.39 is 15.7 Å². The number of pyridine rings is 1. The van der Waals surface area contributed by atoms with Gasteiger partial charge in [-0.1, -0.05) is 29.8 Å². The monoisotopic (exact) mass is 447 g/mol. The van der Waals surface area contributed by atoms with Gasteiger partial charge in [-0.15, -0.1) is 0 Å². The molecule has 1 N–H and O–H groups in total. The highest BCUT2D eigenvalue weighted by molar-refractivity contribution is 7.91. The number of hydrogen-bond donors (Lipinski definition) is 1. The number of anilines is 1. The van der Waals surface area contributed by atoms with Crippen LogP contribution in [0.4, 0.5) is 5.82 Å². The average molecular weight is 448 g/mol. The van der Waals surface area contributed by atoms with Crippen molar-refractivity contribution in [3.8, 4) is 0 Å². The molecule has 2 aromatic heterocycles. The Morgan fingerprint density at radius 2 is 1.87 bits per heavy atom. The summed E-state index contributed by atoms with van der Waals surface area (Å²) in [6.07, 6.45) is 1.34. The number of ether oxygens (including phenoxy) is 1. The van der Waals surface area contributed by atoms with E-state index in [2.05, 4.69) is 10.3 Å². The largest absolute Gasteiger partial charge is 0.383 e. The van der Waals surface area contributed by atoms with E-state index in [4.69, 9.17) is 16.3 Å². The molecule has 30 heavy (non-hydrogen) atoms. The van der Waals surface area contributed by atoms with Crippen molar-refractivity contribution < 1.29 is 17.9 Å². The molecule has 0 aliphatic carbocycles. The van der Waals surface area contributed by atoms with Crippen LogP contribution >= 0.6 is 11.6 Å². The van der Waals surface area contributed by atoms with Crippen LogP contribution < -0.4 is 5.32 Å². The summed E-state index contributed by atoms with van der Waals surface area (Å²) in [5.41, 5.74) is 1.56. The van der Waals surface area contributed by atoms with E-state index in [9.17, 15) is 13.2 Å². The SMILES string of the molecule is COCCn1c(C)c(C)c(S(=O)(=O)c2ccccc2)c1NC(=O)c1ccc(Cl)nc1. The van der Waals surface area contributed by atoms with Crippen LogP contribution in [0.25, 0.3) is 0 Å². The van der Waals surface area contributed by atoms with Crippen molar-refractivity contribution >= 4 is 33.2 Å². The highest BCUT2D eigenvalue weighted by Gasteiger charge is 2.30. The topological polar surface area (TPSA) is 90.3 Å². The van der Waals surface area contributed by atoms with Crippen LogP contribution in [0.5, 0.6) is 0 Å². The fraction of sp³-hybridized carbons (Fsp3) is 0.238. The minimum atomic E-state index is -3.87. The summed E-state index contributed by atoms with van der Waals surface area (Å²) in [4.78, 5) is 17.0. The number of benzene rings is 1. The molecule has 7 nitrogen and oxygen atoms in total. The molecular weight excluding hydrogens is 426 g/mol. The van der Waals surface area contributed by atoms with Crippen molar-refractivity contribution in [3.63, 3.8) is 0 Å². The van der Waals surface area contributed by atoms with Crippen molar-refractivity contribution in [1.82, 2.24) is 9.55 Å². The third kappa shape index (κ3) is 4.26. The van der Waals surface area contributed by atoms with Gasteiger partial charge >= 0.3 is 0 Å². The number of sulfone groups is 1. The van der Waals surface area contributed by atoms with Gasteiger partial charge in [0, 0.05) is 25.5 Å². The van der Waals surface area contributed by atoms with Crippen molar-refractivity contribution in [2.45, 2.75) is 30.2 Å². The Labute approximate surface area is 180 Å². The molecule has 2 heterocycles. The van der Waals surface area contributed by atoms with E-state index in [0.29, 0.717) is 18.7 Å². The molecular formula is C21H22ClN3O4S. The van der Waals surface area contributed by atoms with E-state index in [-0.39, 0.29) is 26.3 Å². The van der Waals surface area contributed by atoms with Crippen LogP contribution in [0.3, 0.4) is 0 Å². The Morgan fingerprint density at radius 3 is 2.47 bits per heavy atom. The van der Waals surface area contributed by atoms with Crippen LogP contribution in [0.2, 0.25) is 5.15 Å². The number of nitrogens with one attached hydrogen (secondary N) is 1. The molecule has 0 saturated carbocycles. The van der Waals surface area contributed by atoms with E-state index in [1.807, 2.05) is 6.92 Å². The molecule has 3 aromatic rings. The molecule has 1 amide bonds. The number of carbonyl (C=O) groups is 1. The molecule has 0 spiro atoms. The van der Waals surface area contributed by atoms with E-state index in [1.165, 1.54) is 30.5 Å². The summed E-state index contributed by atoms with van der Waals surface area (Å²) in [5, 5.41) is 3.03. The number of rotatable bonds is 7. The zero-order valence-electron chi connectivity index (χ0n) is 16.8. The summed E-state index contributed by atoms with van der Waals surface area (Å²) < 4.78 is 33.8. The number of aromatic nitrogens is 2. The summed E-state index contributed by atoms with van der Waals surface area (Å²) in [7, 11) is -2.31. The van der Waals surface area contributed by atoms with E-state index in [1.54, 1.807) is 36.8 Å². The van der Waals surface area contributed by atoms with Gasteiger partial charge in [-0.2, -0.15) is 0 Å². The smallest absolute Gasteiger partial charge is 0.258 e. The fourth-order valence-electron chi connectivity index (χ4n) is 3.16. The number of nitrogens with zero attached hydrogens (tertiary/aromatic N) is 2. The molecule has 0 bridgehead atoms. The van der Waals surface area contributed by atoms with Crippen molar-refractivity contribution in [1.29, 1.82) is 0 Å². The molecule has 3 rings (SSSR count). The van der Waals surface area contributed by atoms with Crippen LogP contribution in [0, 0.1) is 13.8 Å². The van der Waals surface area contributed by atoms with Gasteiger partial charge in [-0.3, -0.25) is 4.79 Å². The molecule has 9 heteroatoms. The first-order chi connectivity index (χ1) is 14.3.